The van der Waals surface area contributed by atoms with Crippen molar-refractivity contribution in [1.82, 2.24) is 9.21 Å². The molecule has 8 nitrogen and oxygen atoms in total. The van der Waals surface area contributed by atoms with Gasteiger partial charge in [0, 0.05) is 31.0 Å². The molecule has 0 spiro atoms. The zero-order chi connectivity index (χ0) is 22.2. The van der Waals surface area contributed by atoms with Gasteiger partial charge in [-0.25, -0.2) is 8.42 Å². The van der Waals surface area contributed by atoms with Crippen LogP contribution in [0.15, 0.2) is 50.8 Å². The zero-order valence-electron chi connectivity index (χ0n) is 17.4. The average molecular weight is 464 g/mol. The van der Waals surface area contributed by atoms with Crippen molar-refractivity contribution in [3.05, 3.63) is 42.4 Å². The van der Waals surface area contributed by atoms with E-state index in [0.29, 0.717) is 30.8 Å². The Kier molecular flexibility index (Phi) is 6.14. The smallest absolute Gasteiger partial charge is 0.243 e. The molecule has 0 unspecified atom stereocenters. The third-order valence-electron chi connectivity index (χ3n) is 5.67. The summed E-state index contributed by atoms with van der Waals surface area (Å²) in [5.74, 6) is 0.358. The van der Waals surface area contributed by atoms with Crippen LogP contribution >= 0.6 is 11.8 Å². The molecule has 0 radical (unpaired) electrons. The Bertz CT molecular complexity index is 1080. The Hall–Kier alpha value is -2.30. The molecule has 2 aliphatic heterocycles. The van der Waals surface area contributed by atoms with Crippen LogP contribution in [0.2, 0.25) is 0 Å². The molecule has 1 saturated heterocycles. The second-order valence-electron chi connectivity index (χ2n) is 7.86. The molecule has 1 fully saturated rings. The molecule has 2 amide bonds. The monoisotopic (exact) mass is 463 g/mol. The topological polar surface area (TPSA) is 99.9 Å². The predicted octanol–water partition coefficient (Wildman–Crippen LogP) is 2.77. The van der Waals surface area contributed by atoms with E-state index < -0.39 is 10.0 Å². The molecule has 0 saturated carbocycles. The molecule has 1 aromatic heterocycles. The fraction of sp³-hybridized carbons (Fsp3) is 0.429. The molecular formula is C21H25N3O5S2. The van der Waals surface area contributed by atoms with Crippen LogP contribution in [-0.2, 0) is 26.2 Å². The van der Waals surface area contributed by atoms with E-state index in [-0.39, 0.29) is 41.0 Å². The summed E-state index contributed by atoms with van der Waals surface area (Å²) in [7, 11) is -1.97. The highest BCUT2D eigenvalue weighted by atomic mass is 32.2. The van der Waals surface area contributed by atoms with Crippen LogP contribution in [0.3, 0.4) is 0 Å². The summed E-state index contributed by atoms with van der Waals surface area (Å²) in [6.07, 6.45) is 2.51. The van der Waals surface area contributed by atoms with E-state index >= 15 is 0 Å². The third kappa shape index (κ3) is 4.51. The number of furan rings is 1. The Labute approximate surface area is 186 Å². The molecule has 1 atom stereocenters. The number of hydrogen-bond acceptors (Lipinski definition) is 6. The maximum absolute atomic E-state index is 13.1. The summed E-state index contributed by atoms with van der Waals surface area (Å²) in [6, 6.07) is 8.44. The van der Waals surface area contributed by atoms with E-state index in [1.807, 2.05) is 13.0 Å². The number of rotatable bonds is 5. The van der Waals surface area contributed by atoms with Crippen molar-refractivity contribution in [1.29, 1.82) is 0 Å². The van der Waals surface area contributed by atoms with Gasteiger partial charge in [-0.15, -0.1) is 11.8 Å². The number of piperidine rings is 1. The minimum atomic E-state index is -3.70. The van der Waals surface area contributed by atoms with Crippen LogP contribution in [-0.4, -0.2) is 54.8 Å². The molecule has 31 heavy (non-hydrogen) atoms. The minimum Gasteiger partial charge on any atom is -0.467 e. The van der Waals surface area contributed by atoms with Gasteiger partial charge in [0.25, 0.3) is 0 Å². The number of hydrogen-bond donors (Lipinski definition) is 1. The van der Waals surface area contributed by atoms with Crippen LogP contribution in [0.4, 0.5) is 5.69 Å². The van der Waals surface area contributed by atoms with Crippen LogP contribution in [0.25, 0.3) is 0 Å². The number of fused-ring (bicyclic) bond motifs is 1. The van der Waals surface area contributed by atoms with Crippen molar-refractivity contribution < 1.29 is 22.4 Å². The third-order valence-corrected chi connectivity index (χ3v) is 8.74. The Morgan fingerprint density at radius 2 is 2.03 bits per heavy atom. The SMILES string of the molecule is C[C@H]1Sc2ccc(S(=O)(=O)N3CCC(C(=O)N(C)Cc4ccco4)CC3)cc2NC1=O. The molecule has 0 aliphatic carbocycles. The number of nitrogens with one attached hydrogen (secondary N) is 1. The number of sulfonamides is 1. The summed E-state index contributed by atoms with van der Waals surface area (Å²) in [6.45, 7) is 2.76. The summed E-state index contributed by atoms with van der Waals surface area (Å²) in [5, 5.41) is 2.57. The number of benzene rings is 1. The lowest BCUT2D eigenvalue weighted by atomic mass is 9.96. The standard InChI is InChI=1S/C21H25N3O5S2/c1-14-20(25)22-18-12-17(5-6-19(18)30-14)31(27,28)24-9-7-15(8-10-24)21(26)23(2)13-16-4-3-11-29-16/h3-6,11-12,14-15H,7-10,13H2,1-2H3,(H,22,25)/t14-/m1/s1. The fourth-order valence-corrected chi connectivity index (χ4v) is 6.29. The maximum Gasteiger partial charge on any atom is 0.243 e. The highest BCUT2D eigenvalue weighted by molar-refractivity contribution is 8.01. The van der Waals surface area contributed by atoms with Crippen molar-refractivity contribution in [3.63, 3.8) is 0 Å². The summed E-state index contributed by atoms with van der Waals surface area (Å²) >= 11 is 1.41. The molecule has 166 valence electrons. The van der Waals surface area contributed by atoms with Gasteiger partial charge in [0.15, 0.2) is 0 Å². The predicted molar refractivity (Wildman–Crippen MR) is 117 cm³/mol. The lowest BCUT2D eigenvalue weighted by Gasteiger charge is -2.32. The molecular weight excluding hydrogens is 438 g/mol. The van der Waals surface area contributed by atoms with Gasteiger partial charge in [-0.05, 0) is 50.1 Å². The van der Waals surface area contributed by atoms with E-state index in [1.165, 1.54) is 22.1 Å². The molecule has 1 aromatic carbocycles. The number of carbonyl (C=O) groups is 2. The number of nitrogens with zero attached hydrogens (tertiary/aromatic N) is 2. The van der Waals surface area contributed by atoms with Crippen molar-refractivity contribution in [3.8, 4) is 0 Å². The van der Waals surface area contributed by atoms with Crippen LogP contribution in [0, 0.1) is 5.92 Å². The van der Waals surface area contributed by atoms with Crippen molar-refractivity contribution in [2.24, 2.45) is 5.92 Å². The van der Waals surface area contributed by atoms with Gasteiger partial charge in [0.05, 0.1) is 28.6 Å². The highest BCUT2D eigenvalue weighted by Crippen LogP contribution is 2.37. The van der Waals surface area contributed by atoms with Crippen molar-refractivity contribution in [2.45, 2.75) is 41.4 Å². The van der Waals surface area contributed by atoms with Gasteiger partial charge in [-0.2, -0.15) is 4.31 Å². The van der Waals surface area contributed by atoms with E-state index in [9.17, 15) is 18.0 Å². The van der Waals surface area contributed by atoms with Gasteiger partial charge < -0.3 is 14.6 Å². The molecule has 2 aliphatic rings. The zero-order valence-corrected chi connectivity index (χ0v) is 19.0. The largest absolute Gasteiger partial charge is 0.467 e. The van der Waals surface area contributed by atoms with E-state index in [2.05, 4.69) is 5.32 Å². The second kappa shape index (κ2) is 8.68. The number of amides is 2. The summed E-state index contributed by atoms with van der Waals surface area (Å²) in [4.78, 5) is 27.3. The fourth-order valence-electron chi connectivity index (χ4n) is 3.87. The van der Waals surface area contributed by atoms with Crippen LogP contribution < -0.4 is 5.32 Å². The van der Waals surface area contributed by atoms with Gasteiger partial charge >= 0.3 is 0 Å². The summed E-state index contributed by atoms with van der Waals surface area (Å²) < 4.78 is 33.0. The Morgan fingerprint density at radius 1 is 1.29 bits per heavy atom. The quantitative estimate of drug-likeness (QED) is 0.732. The van der Waals surface area contributed by atoms with E-state index in [4.69, 9.17) is 4.42 Å². The molecule has 4 rings (SSSR count). The van der Waals surface area contributed by atoms with Gasteiger partial charge in [0.2, 0.25) is 21.8 Å². The molecule has 0 bridgehead atoms. The second-order valence-corrected chi connectivity index (χ2v) is 11.2. The van der Waals surface area contributed by atoms with E-state index in [1.54, 1.807) is 36.4 Å². The normalized spacial score (nSPS) is 20.2. The lowest BCUT2D eigenvalue weighted by molar-refractivity contribution is -0.136. The lowest BCUT2D eigenvalue weighted by Crippen LogP contribution is -2.43. The number of carbonyl (C=O) groups excluding carboxylic acids is 2. The van der Waals surface area contributed by atoms with Gasteiger partial charge in [-0.1, -0.05) is 0 Å². The maximum atomic E-state index is 13.1. The number of thioether (sulfide) groups is 1. The van der Waals surface area contributed by atoms with Crippen molar-refractivity contribution >= 4 is 39.3 Å². The van der Waals surface area contributed by atoms with E-state index in [0.717, 1.165) is 4.90 Å². The Morgan fingerprint density at radius 3 is 2.71 bits per heavy atom. The average Bonchev–Trinajstić information content (AvgIpc) is 3.26. The first-order valence-electron chi connectivity index (χ1n) is 10.1. The first kappa shape index (κ1) is 21.9. The minimum absolute atomic E-state index is 0.00362. The molecule has 3 heterocycles. The van der Waals surface area contributed by atoms with Gasteiger partial charge in [-0.3, -0.25) is 9.59 Å². The number of anilines is 1. The van der Waals surface area contributed by atoms with Crippen molar-refractivity contribution in [2.75, 3.05) is 25.5 Å². The molecule has 1 N–H and O–H groups in total. The Balaban J connectivity index is 1.40. The van der Waals surface area contributed by atoms with Crippen LogP contribution in [0.1, 0.15) is 25.5 Å². The molecule has 2 aromatic rings. The molecule has 10 heteroatoms. The first-order chi connectivity index (χ1) is 14.8. The first-order valence-corrected chi connectivity index (χ1v) is 12.5. The van der Waals surface area contributed by atoms with Gasteiger partial charge in [0.1, 0.15) is 5.76 Å². The van der Waals surface area contributed by atoms with Crippen LogP contribution in [0.5, 0.6) is 0 Å². The summed E-state index contributed by atoms with van der Waals surface area (Å²) in [5.41, 5.74) is 0.527. The highest BCUT2D eigenvalue weighted by Gasteiger charge is 2.34.